The standard InChI is InChI=1S/C24H29N3O3S2/c1-4-30-24(29)21-18-7-5-6-8-19(18)32-23(21)27-20(28)11-12-31-22-16(14-25)9-10-17(26-22)13-15(2)3/h9-10,15H,4-8,11-13H2,1-3H3,(H,27,28). The number of hydrogen-bond acceptors (Lipinski definition) is 7. The van der Waals surface area contributed by atoms with Gasteiger partial charge in [-0.2, -0.15) is 5.26 Å². The van der Waals surface area contributed by atoms with E-state index in [4.69, 9.17) is 4.74 Å². The van der Waals surface area contributed by atoms with E-state index in [1.54, 1.807) is 13.0 Å². The quantitative estimate of drug-likeness (QED) is 0.389. The van der Waals surface area contributed by atoms with Gasteiger partial charge < -0.3 is 10.1 Å². The summed E-state index contributed by atoms with van der Waals surface area (Å²) in [5, 5.41) is 13.6. The van der Waals surface area contributed by atoms with Crippen molar-refractivity contribution in [2.45, 2.75) is 64.3 Å². The first-order valence-electron chi connectivity index (χ1n) is 11.1. The minimum Gasteiger partial charge on any atom is -0.462 e. The summed E-state index contributed by atoms with van der Waals surface area (Å²) >= 11 is 2.91. The number of thiophene rings is 1. The molecular weight excluding hydrogens is 442 g/mol. The molecule has 1 amide bonds. The molecule has 2 heterocycles. The molecule has 0 aromatic carbocycles. The van der Waals surface area contributed by atoms with Crippen molar-refractivity contribution in [3.05, 3.63) is 39.4 Å². The van der Waals surface area contributed by atoms with Crippen LogP contribution in [-0.2, 0) is 28.8 Å². The minimum absolute atomic E-state index is 0.154. The van der Waals surface area contributed by atoms with Crippen molar-refractivity contribution < 1.29 is 14.3 Å². The normalized spacial score (nSPS) is 12.8. The summed E-state index contributed by atoms with van der Waals surface area (Å²) < 4.78 is 5.25. The van der Waals surface area contributed by atoms with E-state index in [9.17, 15) is 14.9 Å². The molecule has 8 heteroatoms. The second-order valence-corrected chi connectivity index (χ2v) is 10.3. The number of nitrogens with one attached hydrogen (secondary N) is 1. The van der Waals surface area contributed by atoms with Crippen molar-refractivity contribution in [3.8, 4) is 6.07 Å². The van der Waals surface area contributed by atoms with E-state index < -0.39 is 0 Å². The lowest BCUT2D eigenvalue weighted by atomic mass is 9.95. The number of fused-ring (bicyclic) bond motifs is 1. The average molecular weight is 472 g/mol. The van der Waals surface area contributed by atoms with Gasteiger partial charge in [0.05, 0.1) is 17.7 Å². The van der Waals surface area contributed by atoms with Crippen molar-refractivity contribution in [3.63, 3.8) is 0 Å². The van der Waals surface area contributed by atoms with Crippen molar-refractivity contribution >= 4 is 40.0 Å². The molecule has 0 unspecified atom stereocenters. The van der Waals surface area contributed by atoms with Gasteiger partial charge in [0, 0.05) is 22.7 Å². The number of esters is 1. The number of carbonyl (C=O) groups excluding carboxylic acids is 2. The summed E-state index contributed by atoms with van der Waals surface area (Å²) in [6.07, 6.45) is 5.04. The Hall–Kier alpha value is -2.37. The van der Waals surface area contributed by atoms with Crippen LogP contribution >= 0.6 is 23.1 Å². The molecule has 1 N–H and O–H groups in total. The topological polar surface area (TPSA) is 92.1 Å². The fourth-order valence-corrected chi connectivity index (χ4v) is 5.93. The molecule has 1 aliphatic carbocycles. The summed E-state index contributed by atoms with van der Waals surface area (Å²) in [5.74, 6) is 0.461. The zero-order valence-electron chi connectivity index (χ0n) is 18.8. The number of aromatic nitrogens is 1. The molecule has 32 heavy (non-hydrogen) atoms. The molecule has 0 atom stereocenters. The van der Waals surface area contributed by atoms with Crippen LogP contribution in [0.15, 0.2) is 17.2 Å². The number of aryl methyl sites for hydroxylation is 1. The molecule has 0 spiro atoms. The number of thioether (sulfide) groups is 1. The van der Waals surface area contributed by atoms with Gasteiger partial charge in [-0.05, 0) is 62.6 Å². The first kappa shape index (κ1) is 24.3. The maximum Gasteiger partial charge on any atom is 0.341 e. The molecule has 0 aliphatic heterocycles. The van der Waals surface area contributed by atoms with Crippen LogP contribution in [0.5, 0.6) is 0 Å². The highest BCUT2D eigenvalue weighted by molar-refractivity contribution is 7.99. The fraction of sp³-hybridized carbons (Fsp3) is 0.500. The van der Waals surface area contributed by atoms with Gasteiger partial charge in [-0.1, -0.05) is 13.8 Å². The van der Waals surface area contributed by atoms with Crippen LogP contribution in [0, 0.1) is 17.2 Å². The third-order valence-electron chi connectivity index (χ3n) is 5.13. The molecule has 1 aliphatic rings. The highest BCUT2D eigenvalue weighted by Crippen LogP contribution is 2.38. The Bertz CT molecular complexity index is 1020. The lowest BCUT2D eigenvalue weighted by Crippen LogP contribution is -2.16. The highest BCUT2D eigenvalue weighted by atomic mass is 32.2. The Kier molecular flexibility index (Phi) is 8.71. The summed E-state index contributed by atoms with van der Waals surface area (Å²) in [5.41, 5.74) is 3.05. The van der Waals surface area contributed by atoms with Gasteiger partial charge in [-0.15, -0.1) is 23.1 Å². The van der Waals surface area contributed by atoms with E-state index in [1.807, 2.05) is 6.07 Å². The first-order chi connectivity index (χ1) is 15.4. The Labute approximate surface area is 197 Å². The molecule has 0 fully saturated rings. The lowest BCUT2D eigenvalue weighted by Gasteiger charge is -2.12. The van der Waals surface area contributed by atoms with E-state index in [2.05, 4.69) is 30.2 Å². The van der Waals surface area contributed by atoms with Crippen LogP contribution in [0.3, 0.4) is 0 Å². The summed E-state index contributed by atoms with van der Waals surface area (Å²) in [7, 11) is 0. The number of amides is 1. The fourth-order valence-electron chi connectivity index (χ4n) is 3.71. The Morgan fingerprint density at radius 1 is 1.31 bits per heavy atom. The summed E-state index contributed by atoms with van der Waals surface area (Å²) in [6.45, 7) is 6.34. The van der Waals surface area contributed by atoms with Gasteiger partial charge in [0.15, 0.2) is 0 Å². The molecule has 6 nitrogen and oxygen atoms in total. The smallest absolute Gasteiger partial charge is 0.341 e. The second-order valence-electron chi connectivity index (χ2n) is 8.15. The maximum absolute atomic E-state index is 12.7. The van der Waals surface area contributed by atoms with Crippen LogP contribution in [-0.4, -0.2) is 29.2 Å². The van der Waals surface area contributed by atoms with Crippen LogP contribution in [0.4, 0.5) is 5.00 Å². The molecule has 2 aromatic heterocycles. The van der Waals surface area contributed by atoms with Crippen molar-refractivity contribution in [2.75, 3.05) is 17.7 Å². The highest BCUT2D eigenvalue weighted by Gasteiger charge is 2.27. The molecule has 0 saturated heterocycles. The Morgan fingerprint density at radius 3 is 2.81 bits per heavy atom. The lowest BCUT2D eigenvalue weighted by molar-refractivity contribution is -0.115. The zero-order valence-corrected chi connectivity index (χ0v) is 20.5. The molecule has 0 saturated carbocycles. The second kappa shape index (κ2) is 11.5. The van der Waals surface area contributed by atoms with Gasteiger partial charge in [-0.3, -0.25) is 4.79 Å². The van der Waals surface area contributed by atoms with Crippen molar-refractivity contribution in [1.82, 2.24) is 4.98 Å². The van der Waals surface area contributed by atoms with E-state index in [-0.39, 0.29) is 18.3 Å². The zero-order chi connectivity index (χ0) is 23.1. The van der Waals surface area contributed by atoms with Crippen LogP contribution < -0.4 is 5.32 Å². The van der Waals surface area contributed by atoms with Crippen LogP contribution in [0.2, 0.25) is 0 Å². The monoisotopic (exact) mass is 471 g/mol. The predicted molar refractivity (Wildman–Crippen MR) is 128 cm³/mol. The molecule has 0 bridgehead atoms. The van der Waals surface area contributed by atoms with E-state index in [0.717, 1.165) is 43.4 Å². The molecule has 3 rings (SSSR count). The largest absolute Gasteiger partial charge is 0.462 e. The van der Waals surface area contributed by atoms with Gasteiger partial charge in [0.1, 0.15) is 16.1 Å². The number of rotatable bonds is 9. The van der Waals surface area contributed by atoms with E-state index in [0.29, 0.717) is 39.4 Å². The molecular formula is C24H29N3O3S2. The summed E-state index contributed by atoms with van der Waals surface area (Å²) in [6, 6.07) is 5.87. The predicted octanol–water partition coefficient (Wildman–Crippen LogP) is 5.39. The number of anilines is 1. The third kappa shape index (κ3) is 6.11. The average Bonchev–Trinajstić information content (AvgIpc) is 3.11. The van der Waals surface area contributed by atoms with Crippen molar-refractivity contribution in [2.24, 2.45) is 5.92 Å². The van der Waals surface area contributed by atoms with Gasteiger partial charge >= 0.3 is 5.97 Å². The number of nitriles is 1. The number of carbonyl (C=O) groups is 2. The molecule has 0 radical (unpaired) electrons. The maximum atomic E-state index is 12.7. The summed E-state index contributed by atoms with van der Waals surface area (Å²) in [4.78, 5) is 31.0. The van der Waals surface area contributed by atoms with Crippen molar-refractivity contribution in [1.29, 1.82) is 5.26 Å². The van der Waals surface area contributed by atoms with Gasteiger partial charge in [0.25, 0.3) is 0 Å². The number of nitrogens with zero attached hydrogens (tertiary/aromatic N) is 2. The number of ether oxygens (including phenoxy) is 1. The first-order valence-corrected chi connectivity index (χ1v) is 12.9. The van der Waals surface area contributed by atoms with Crippen LogP contribution in [0.25, 0.3) is 0 Å². The Morgan fingerprint density at radius 2 is 2.09 bits per heavy atom. The third-order valence-corrected chi connectivity index (χ3v) is 7.33. The van der Waals surface area contributed by atoms with Gasteiger partial charge in [-0.25, -0.2) is 9.78 Å². The SMILES string of the molecule is CCOC(=O)c1c(NC(=O)CCSc2nc(CC(C)C)ccc2C#N)sc2c1CCCC2. The van der Waals surface area contributed by atoms with E-state index >= 15 is 0 Å². The number of hydrogen-bond donors (Lipinski definition) is 1. The molecule has 2 aromatic rings. The van der Waals surface area contributed by atoms with E-state index in [1.165, 1.54) is 28.0 Å². The number of pyridine rings is 1. The minimum atomic E-state index is -0.360. The van der Waals surface area contributed by atoms with Gasteiger partial charge in [0.2, 0.25) is 5.91 Å². The van der Waals surface area contributed by atoms with Crippen LogP contribution in [0.1, 0.15) is 72.1 Å². The Balaban J connectivity index is 1.65. The molecule has 170 valence electrons.